The predicted octanol–water partition coefficient (Wildman–Crippen LogP) is -0.576. The highest BCUT2D eigenvalue weighted by Gasteiger charge is 2.55. The molecular formula is C9H14N2O3. The van der Waals surface area contributed by atoms with Crippen molar-refractivity contribution in [3.8, 4) is 0 Å². The first-order valence-corrected chi connectivity index (χ1v) is 4.82. The molecule has 2 fully saturated rings. The molecule has 2 bridgehead atoms. The molecule has 2 rings (SSSR count). The number of carbonyl (C=O) groups excluding carboxylic acids is 1. The van der Waals surface area contributed by atoms with E-state index in [4.69, 9.17) is 0 Å². The summed E-state index contributed by atoms with van der Waals surface area (Å²) in [6.45, 7) is 2.54. The van der Waals surface area contributed by atoms with Crippen molar-refractivity contribution in [2.24, 2.45) is 0 Å². The lowest BCUT2D eigenvalue weighted by Crippen LogP contribution is -2.65. The third-order valence-corrected chi connectivity index (χ3v) is 3.25. The minimum absolute atomic E-state index is 0.0670. The molecule has 2 aliphatic rings. The van der Waals surface area contributed by atoms with Crippen LogP contribution >= 0.6 is 0 Å². The number of piperazine rings is 1. The maximum Gasteiger partial charge on any atom is 0.330 e. The van der Waals surface area contributed by atoms with Gasteiger partial charge < -0.3 is 15.3 Å². The van der Waals surface area contributed by atoms with Crippen LogP contribution in [0.5, 0.6) is 0 Å². The highest BCUT2D eigenvalue weighted by atomic mass is 16.4. The van der Waals surface area contributed by atoms with Crippen LogP contribution < -0.4 is 5.32 Å². The number of hydrogen-bond acceptors (Lipinski definition) is 3. The van der Waals surface area contributed by atoms with Gasteiger partial charge in [-0.15, -0.1) is 0 Å². The van der Waals surface area contributed by atoms with Crippen LogP contribution in [0.2, 0.25) is 0 Å². The third-order valence-electron chi connectivity index (χ3n) is 3.25. The molecule has 2 N–H and O–H groups in total. The molecule has 5 nitrogen and oxygen atoms in total. The molecule has 2 saturated heterocycles. The van der Waals surface area contributed by atoms with Crippen molar-refractivity contribution in [3.63, 3.8) is 0 Å². The lowest BCUT2D eigenvalue weighted by Gasteiger charge is -2.41. The van der Waals surface area contributed by atoms with E-state index in [0.29, 0.717) is 19.5 Å². The molecule has 0 spiro atoms. The lowest BCUT2D eigenvalue weighted by atomic mass is 9.96. The fraction of sp³-hybridized carbons (Fsp3) is 0.778. The smallest absolute Gasteiger partial charge is 0.330 e. The molecule has 0 aromatic rings. The number of nitrogens with one attached hydrogen (secondary N) is 1. The number of amides is 1. The van der Waals surface area contributed by atoms with Gasteiger partial charge in [-0.2, -0.15) is 0 Å². The summed E-state index contributed by atoms with van der Waals surface area (Å²) in [7, 11) is 0. The van der Waals surface area contributed by atoms with E-state index in [1.807, 2.05) is 0 Å². The topological polar surface area (TPSA) is 69.6 Å². The van der Waals surface area contributed by atoms with Crippen LogP contribution in [0.3, 0.4) is 0 Å². The number of hydrogen-bond donors (Lipinski definition) is 2. The summed E-state index contributed by atoms with van der Waals surface area (Å²) >= 11 is 0. The second-order valence-corrected chi connectivity index (χ2v) is 4.05. The first-order chi connectivity index (χ1) is 6.58. The van der Waals surface area contributed by atoms with Gasteiger partial charge >= 0.3 is 5.97 Å². The first kappa shape index (κ1) is 9.45. The van der Waals surface area contributed by atoms with Gasteiger partial charge in [0, 0.05) is 26.1 Å². The van der Waals surface area contributed by atoms with Gasteiger partial charge in [0.15, 0.2) is 5.54 Å². The number of rotatable bonds is 1. The molecule has 0 saturated carbocycles. The van der Waals surface area contributed by atoms with Gasteiger partial charge in [-0.1, -0.05) is 0 Å². The normalized spacial score (nSPS) is 35.8. The zero-order valence-electron chi connectivity index (χ0n) is 8.12. The second kappa shape index (κ2) is 2.95. The SMILES string of the molecule is CC(=O)N1C2CCC1(C(=O)O)CNC2. The van der Waals surface area contributed by atoms with Crippen LogP contribution in [0.25, 0.3) is 0 Å². The van der Waals surface area contributed by atoms with Crippen LogP contribution in [0.1, 0.15) is 19.8 Å². The Morgan fingerprint density at radius 3 is 2.79 bits per heavy atom. The molecule has 1 amide bonds. The Hall–Kier alpha value is -1.10. The standard InChI is InChI=1S/C9H14N2O3/c1-6(12)11-7-2-3-9(11,8(13)14)5-10-4-7/h7,10H,2-5H2,1H3,(H,13,14). The maximum absolute atomic E-state index is 11.4. The van der Waals surface area contributed by atoms with Crippen LogP contribution in [-0.4, -0.2) is 46.6 Å². The van der Waals surface area contributed by atoms with Gasteiger partial charge in [-0.3, -0.25) is 4.79 Å². The fourth-order valence-corrected chi connectivity index (χ4v) is 2.66. The third kappa shape index (κ3) is 1.05. The van der Waals surface area contributed by atoms with Crippen LogP contribution in [-0.2, 0) is 9.59 Å². The Kier molecular flexibility index (Phi) is 1.99. The van der Waals surface area contributed by atoms with Crippen LogP contribution in [0.15, 0.2) is 0 Å². The average Bonchev–Trinajstić information content (AvgIpc) is 2.35. The van der Waals surface area contributed by atoms with Gasteiger partial charge in [0.2, 0.25) is 5.91 Å². The summed E-state index contributed by atoms with van der Waals surface area (Å²) < 4.78 is 0. The van der Waals surface area contributed by atoms with E-state index in [0.717, 1.165) is 6.42 Å². The van der Waals surface area contributed by atoms with Crippen LogP contribution in [0, 0.1) is 0 Å². The molecule has 0 aliphatic carbocycles. The zero-order chi connectivity index (χ0) is 10.3. The van der Waals surface area contributed by atoms with E-state index in [2.05, 4.69) is 5.32 Å². The quantitative estimate of drug-likeness (QED) is 0.591. The highest BCUT2D eigenvalue weighted by molar-refractivity contribution is 5.87. The van der Waals surface area contributed by atoms with Crippen molar-refractivity contribution in [1.29, 1.82) is 0 Å². The number of fused-ring (bicyclic) bond motifs is 2. The molecule has 0 aromatic heterocycles. The van der Waals surface area contributed by atoms with Crippen molar-refractivity contribution in [2.45, 2.75) is 31.3 Å². The summed E-state index contributed by atoms with van der Waals surface area (Å²) in [6.07, 6.45) is 1.36. The monoisotopic (exact) mass is 198 g/mol. The predicted molar refractivity (Wildman–Crippen MR) is 48.8 cm³/mol. The van der Waals surface area contributed by atoms with Gasteiger partial charge in [-0.25, -0.2) is 4.79 Å². The molecular weight excluding hydrogens is 184 g/mol. The van der Waals surface area contributed by atoms with E-state index < -0.39 is 11.5 Å². The molecule has 2 atom stereocenters. The van der Waals surface area contributed by atoms with Crippen molar-refractivity contribution < 1.29 is 14.7 Å². The molecule has 2 unspecified atom stereocenters. The lowest BCUT2D eigenvalue weighted by molar-refractivity contribution is -0.159. The van der Waals surface area contributed by atoms with Gasteiger partial charge in [0.1, 0.15) is 0 Å². The number of carbonyl (C=O) groups is 2. The van der Waals surface area contributed by atoms with Crippen molar-refractivity contribution in [2.75, 3.05) is 13.1 Å². The maximum atomic E-state index is 11.4. The molecule has 0 radical (unpaired) electrons. The Bertz CT molecular complexity index is 288. The van der Waals surface area contributed by atoms with E-state index in [1.54, 1.807) is 4.90 Å². The van der Waals surface area contributed by atoms with Crippen molar-refractivity contribution in [1.82, 2.24) is 10.2 Å². The van der Waals surface area contributed by atoms with Crippen LogP contribution in [0.4, 0.5) is 0 Å². The average molecular weight is 198 g/mol. The number of carboxylic acids is 1. The molecule has 2 heterocycles. The van der Waals surface area contributed by atoms with Crippen molar-refractivity contribution in [3.05, 3.63) is 0 Å². The van der Waals surface area contributed by atoms with E-state index in [9.17, 15) is 14.7 Å². The highest BCUT2D eigenvalue weighted by Crippen LogP contribution is 2.36. The summed E-state index contributed by atoms with van der Waals surface area (Å²) in [5.41, 5.74) is -0.977. The minimum Gasteiger partial charge on any atom is -0.479 e. The summed E-state index contributed by atoms with van der Waals surface area (Å²) in [4.78, 5) is 24.2. The molecule has 5 heteroatoms. The van der Waals surface area contributed by atoms with E-state index >= 15 is 0 Å². The fourth-order valence-electron chi connectivity index (χ4n) is 2.66. The number of nitrogens with zero attached hydrogens (tertiary/aromatic N) is 1. The second-order valence-electron chi connectivity index (χ2n) is 4.05. The Labute approximate surface area is 82.1 Å². The molecule has 2 aliphatic heterocycles. The molecule has 78 valence electrons. The summed E-state index contributed by atoms with van der Waals surface area (Å²) in [6, 6.07) is 0.0670. The minimum atomic E-state index is -0.977. The Morgan fingerprint density at radius 1 is 1.57 bits per heavy atom. The van der Waals surface area contributed by atoms with E-state index in [1.165, 1.54) is 6.92 Å². The van der Waals surface area contributed by atoms with E-state index in [-0.39, 0.29) is 11.9 Å². The molecule has 0 aromatic carbocycles. The zero-order valence-corrected chi connectivity index (χ0v) is 8.12. The Balaban J connectivity index is 2.37. The molecule has 14 heavy (non-hydrogen) atoms. The first-order valence-electron chi connectivity index (χ1n) is 4.82. The van der Waals surface area contributed by atoms with Crippen molar-refractivity contribution >= 4 is 11.9 Å². The number of carboxylic acid groups (broad SMARTS) is 1. The summed E-state index contributed by atoms with van der Waals surface area (Å²) in [5.74, 6) is -1.01. The van der Waals surface area contributed by atoms with Gasteiger partial charge in [-0.05, 0) is 12.8 Å². The van der Waals surface area contributed by atoms with Gasteiger partial charge in [0.05, 0.1) is 0 Å². The van der Waals surface area contributed by atoms with Gasteiger partial charge in [0.25, 0.3) is 0 Å². The largest absolute Gasteiger partial charge is 0.479 e. The Morgan fingerprint density at radius 2 is 2.29 bits per heavy atom. The number of aliphatic carboxylic acids is 1. The summed E-state index contributed by atoms with van der Waals surface area (Å²) in [5, 5.41) is 12.3.